The molecule has 8 nitrogen and oxygen atoms in total. The van der Waals surface area contributed by atoms with Crippen LogP contribution in [0.15, 0.2) is 0 Å². The third-order valence-corrected chi connectivity index (χ3v) is 11.9. The first-order valence-corrected chi connectivity index (χ1v) is 25.1. The molecule has 57 heavy (non-hydrogen) atoms. The summed E-state index contributed by atoms with van der Waals surface area (Å²) in [7, 11) is 0. The normalized spacial score (nSPS) is 13.1. The monoisotopic (exact) mass is 806 g/mol. The van der Waals surface area contributed by atoms with Crippen molar-refractivity contribution in [3.8, 4) is 0 Å². The van der Waals surface area contributed by atoms with Crippen LogP contribution in [0.1, 0.15) is 245 Å². The van der Waals surface area contributed by atoms with E-state index >= 15 is 0 Å². The Bertz CT molecular complexity index is 895. The molecular weight excluding hydrogens is 711 g/mol. The molecule has 2 amide bonds. The highest BCUT2D eigenvalue weighted by Crippen LogP contribution is 2.19. The van der Waals surface area contributed by atoms with Crippen LogP contribution in [0.4, 0.5) is 4.79 Å². The zero-order chi connectivity index (χ0) is 41.3. The highest BCUT2D eigenvalue weighted by molar-refractivity contribution is 5.74. The number of nitrogens with one attached hydrogen (secondary N) is 1. The number of hydrogen-bond donors (Lipinski definition) is 1. The summed E-state index contributed by atoms with van der Waals surface area (Å²) >= 11 is 0. The molecule has 0 unspecified atom stereocenters. The Hall–Kier alpha value is -1.83. The Labute approximate surface area is 353 Å². The molecule has 1 saturated heterocycles. The van der Waals surface area contributed by atoms with Crippen molar-refractivity contribution in [2.45, 2.75) is 252 Å². The van der Waals surface area contributed by atoms with Crippen LogP contribution < -0.4 is 5.32 Å². The van der Waals surface area contributed by atoms with Crippen LogP contribution in [0.5, 0.6) is 0 Å². The van der Waals surface area contributed by atoms with E-state index in [1.54, 1.807) is 0 Å². The fourth-order valence-electron chi connectivity index (χ4n) is 8.09. The number of carbonyl (C=O) groups excluding carboxylic acids is 3. The van der Waals surface area contributed by atoms with Crippen LogP contribution in [-0.4, -0.2) is 79.7 Å². The number of unbranched alkanes of at least 4 members (excludes halogenated alkanes) is 24. The van der Waals surface area contributed by atoms with E-state index in [-0.39, 0.29) is 24.1 Å². The van der Waals surface area contributed by atoms with E-state index in [0.29, 0.717) is 32.5 Å². The maximum Gasteiger partial charge on any atom is 0.317 e. The van der Waals surface area contributed by atoms with Gasteiger partial charge in [0.1, 0.15) is 6.10 Å². The largest absolute Gasteiger partial charge is 0.466 e. The number of carbonyl (C=O) groups is 3. The van der Waals surface area contributed by atoms with Crippen LogP contribution in [0.3, 0.4) is 0 Å². The standard InChI is InChI=1S/C49H95N3O5/c1-4-7-10-13-16-17-18-24-34-45-56-47(53)37-29-25-31-43-52(49(55)50-39-44-51-40-32-33-41-51)42-30-23-19-22-28-38-48(54)57-46(35-26-20-14-11-8-5-2)36-27-21-15-12-9-6-3/h46H,4-45H2,1-3H3,(H,50,55). The van der Waals surface area contributed by atoms with Gasteiger partial charge in [-0.25, -0.2) is 4.79 Å². The Morgan fingerprint density at radius 1 is 0.526 bits per heavy atom. The van der Waals surface area contributed by atoms with Crippen LogP contribution in [0, 0.1) is 0 Å². The fourth-order valence-corrected chi connectivity index (χ4v) is 8.09. The zero-order valence-electron chi connectivity index (χ0n) is 38.2. The van der Waals surface area contributed by atoms with E-state index < -0.39 is 0 Å². The quantitative estimate of drug-likeness (QED) is 0.0488. The minimum atomic E-state index is -0.0829. The van der Waals surface area contributed by atoms with E-state index in [0.717, 1.165) is 103 Å². The summed E-state index contributed by atoms with van der Waals surface area (Å²) in [6.07, 6.45) is 39.8. The smallest absolute Gasteiger partial charge is 0.317 e. The van der Waals surface area contributed by atoms with Gasteiger partial charge in [0, 0.05) is 39.0 Å². The number of rotatable bonds is 42. The zero-order valence-corrected chi connectivity index (χ0v) is 38.2. The second kappa shape index (κ2) is 40.9. The SMILES string of the molecule is CCCCCCCCCCCOC(=O)CCCCCN(CCCCCCCC(=O)OC(CCCCCCCC)CCCCCCCC)C(=O)NCCN1CCCC1. The predicted octanol–water partition coefficient (Wildman–Crippen LogP) is 13.5. The Balaban J connectivity index is 2.32. The molecule has 1 N–H and O–H groups in total. The molecule has 336 valence electrons. The molecule has 8 heteroatoms. The van der Waals surface area contributed by atoms with Crippen LogP contribution in [0.2, 0.25) is 0 Å². The van der Waals surface area contributed by atoms with Gasteiger partial charge in [-0.3, -0.25) is 9.59 Å². The summed E-state index contributed by atoms with van der Waals surface area (Å²) in [6.45, 7) is 12.7. The molecule has 1 fully saturated rings. The number of esters is 2. The van der Waals surface area contributed by atoms with Crippen molar-refractivity contribution in [1.29, 1.82) is 0 Å². The Kier molecular flexibility index (Phi) is 38.2. The number of ether oxygens (including phenoxy) is 2. The highest BCUT2D eigenvalue weighted by Gasteiger charge is 2.16. The Morgan fingerprint density at radius 2 is 0.947 bits per heavy atom. The molecule has 0 bridgehead atoms. The molecule has 0 aromatic heterocycles. The lowest BCUT2D eigenvalue weighted by Gasteiger charge is -2.24. The van der Waals surface area contributed by atoms with Crippen molar-refractivity contribution in [2.75, 3.05) is 45.9 Å². The van der Waals surface area contributed by atoms with E-state index in [4.69, 9.17) is 9.47 Å². The van der Waals surface area contributed by atoms with E-state index in [2.05, 4.69) is 31.0 Å². The van der Waals surface area contributed by atoms with E-state index in [9.17, 15) is 14.4 Å². The lowest BCUT2D eigenvalue weighted by atomic mass is 10.0. The summed E-state index contributed by atoms with van der Waals surface area (Å²) < 4.78 is 11.5. The minimum Gasteiger partial charge on any atom is -0.466 e. The first kappa shape index (κ1) is 53.2. The molecule has 0 spiro atoms. The lowest BCUT2D eigenvalue weighted by Crippen LogP contribution is -2.43. The third kappa shape index (κ3) is 34.7. The highest BCUT2D eigenvalue weighted by atomic mass is 16.5. The van der Waals surface area contributed by atoms with Crippen molar-refractivity contribution in [3.05, 3.63) is 0 Å². The van der Waals surface area contributed by atoms with Crippen LogP contribution in [0.25, 0.3) is 0 Å². The molecule has 1 rings (SSSR count). The van der Waals surface area contributed by atoms with Gasteiger partial charge in [-0.05, 0) is 83.7 Å². The van der Waals surface area contributed by atoms with Crippen LogP contribution in [-0.2, 0) is 19.1 Å². The summed E-state index contributed by atoms with van der Waals surface area (Å²) in [6, 6.07) is 0.0359. The molecule has 1 heterocycles. The fraction of sp³-hybridized carbons (Fsp3) is 0.939. The summed E-state index contributed by atoms with van der Waals surface area (Å²) in [5.74, 6) is -0.0960. The van der Waals surface area contributed by atoms with Crippen molar-refractivity contribution in [1.82, 2.24) is 15.1 Å². The summed E-state index contributed by atoms with van der Waals surface area (Å²) in [5.41, 5.74) is 0. The Morgan fingerprint density at radius 3 is 1.47 bits per heavy atom. The second-order valence-electron chi connectivity index (χ2n) is 17.4. The second-order valence-corrected chi connectivity index (χ2v) is 17.4. The van der Waals surface area contributed by atoms with Gasteiger partial charge in [-0.2, -0.15) is 0 Å². The molecule has 1 aliphatic rings. The molecule has 0 saturated carbocycles. The number of nitrogens with zero attached hydrogens (tertiary/aromatic N) is 2. The molecule has 0 atom stereocenters. The van der Waals surface area contributed by atoms with Gasteiger partial charge in [0.05, 0.1) is 6.61 Å². The van der Waals surface area contributed by atoms with Crippen LogP contribution >= 0.6 is 0 Å². The van der Waals surface area contributed by atoms with E-state index in [1.165, 1.54) is 135 Å². The number of hydrogen-bond acceptors (Lipinski definition) is 6. The van der Waals surface area contributed by atoms with Gasteiger partial charge >= 0.3 is 18.0 Å². The van der Waals surface area contributed by atoms with Crippen molar-refractivity contribution in [2.24, 2.45) is 0 Å². The lowest BCUT2D eigenvalue weighted by molar-refractivity contribution is -0.150. The topological polar surface area (TPSA) is 88.2 Å². The number of amides is 2. The first-order chi connectivity index (χ1) is 28.0. The first-order valence-electron chi connectivity index (χ1n) is 25.1. The predicted molar refractivity (Wildman–Crippen MR) is 241 cm³/mol. The van der Waals surface area contributed by atoms with Gasteiger partial charge in [0.25, 0.3) is 0 Å². The maximum atomic E-state index is 13.2. The van der Waals surface area contributed by atoms with Gasteiger partial charge in [0.2, 0.25) is 0 Å². The molecule has 1 aliphatic heterocycles. The minimum absolute atomic E-state index is 0.0131. The maximum absolute atomic E-state index is 13.2. The molecule has 0 aliphatic carbocycles. The third-order valence-electron chi connectivity index (χ3n) is 11.9. The van der Waals surface area contributed by atoms with Crippen molar-refractivity contribution in [3.63, 3.8) is 0 Å². The summed E-state index contributed by atoms with van der Waals surface area (Å²) in [5, 5.41) is 3.18. The van der Waals surface area contributed by atoms with Gasteiger partial charge in [-0.15, -0.1) is 0 Å². The summed E-state index contributed by atoms with van der Waals surface area (Å²) in [4.78, 5) is 42.7. The van der Waals surface area contributed by atoms with E-state index in [1.807, 2.05) is 4.90 Å². The average Bonchev–Trinajstić information content (AvgIpc) is 3.73. The van der Waals surface area contributed by atoms with Crippen molar-refractivity contribution < 1.29 is 23.9 Å². The number of likely N-dealkylation sites (tertiary alicyclic amines) is 1. The van der Waals surface area contributed by atoms with Gasteiger partial charge in [0.15, 0.2) is 0 Å². The molecular formula is C49H95N3O5. The average molecular weight is 806 g/mol. The molecule has 0 aromatic carbocycles. The molecule has 0 aromatic rings. The molecule has 0 radical (unpaired) electrons. The van der Waals surface area contributed by atoms with Gasteiger partial charge < -0.3 is 24.6 Å². The van der Waals surface area contributed by atoms with Crippen molar-refractivity contribution >= 4 is 18.0 Å². The number of urea groups is 1. The van der Waals surface area contributed by atoms with Gasteiger partial charge in [-0.1, -0.05) is 162 Å².